The van der Waals surface area contributed by atoms with Gasteiger partial charge in [0.05, 0.1) is 0 Å². The van der Waals surface area contributed by atoms with E-state index in [2.05, 4.69) is 20.3 Å². The number of benzene rings is 1. The Morgan fingerprint density at radius 2 is 2.28 bits per heavy atom. The van der Waals surface area contributed by atoms with E-state index in [1.807, 2.05) is 6.07 Å². The Bertz CT molecular complexity index is 1040. The van der Waals surface area contributed by atoms with E-state index in [0.717, 1.165) is 24.9 Å². The van der Waals surface area contributed by atoms with Gasteiger partial charge in [-0.15, -0.1) is 0 Å². The zero-order valence-corrected chi connectivity index (χ0v) is 15.6. The third-order valence-electron chi connectivity index (χ3n) is 4.89. The number of amides is 1. The zero-order valence-electron chi connectivity index (χ0n) is 15.6. The van der Waals surface area contributed by atoms with Crippen molar-refractivity contribution in [1.29, 1.82) is 0 Å². The Hall–Kier alpha value is -3.40. The lowest BCUT2D eigenvalue weighted by Crippen LogP contribution is -2.46. The number of anilines is 1. The molecule has 4 N–H and O–H groups in total. The van der Waals surface area contributed by atoms with Crippen LogP contribution in [0.15, 0.2) is 36.8 Å². The van der Waals surface area contributed by atoms with Gasteiger partial charge in [0.25, 0.3) is 0 Å². The first kappa shape index (κ1) is 18.9. The van der Waals surface area contributed by atoms with Crippen molar-refractivity contribution >= 4 is 17.3 Å². The van der Waals surface area contributed by atoms with Crippen LogP contribution in [-0.4, -0.2) is 49.8 Å². The van der Waals surface area contributed by atoms with Crippen LogP contribution in [0, 0.1) is 5.82 Å². The molecule has 1 amide bonds. The molecule has 4 rings (SSSR count). The second kappa shape index (κ2) is 7.92. The topological polar surface area (TPSA) is 118 Å². The minimum Gasteiger partial charge on any atom is -0.465 e. The number of ether oxygens (including phenoxy) is 1. The number of nitrogens with two attached hydrogens (primary N) is 1. The Morgan fingerprint density at radius 3 is 3.07 bits per heavy atom. The van der Waals surface area contributed by atoms with Crippen molar-refractivity contribution in [3.05, 3.63) is 48.2 Å². The summed E-state index contributed by atoms with van der Waals surface area (Å²) in [5, 5.41) is 15.7. The molecule has 1 unspecified atom stereocenters. The number of hydrogen-bond donors (Lipinski definition) is 3. The molecule has 1 fully saturated rings. The second-order valence-corrected chi connectivity index (χ2v) is 7.02. The van der Waals surface area contributed by atoms with Gasteiger partial charge in [-0.05, 0) is 43.1 Å². The highest BCUT2D eigenvalue weighted by atomic mass is 19.1. The predicted molar refractivity (Wildman–Crippen MR) is 103 cm³/mol. The highest BCUT2D eigenvalue weighted by molar-refractivity contribution is 5.65. The molecule has 1 aliphatic rings. The molecular weight excluding hydrogens is 379 g/mol. The monoisotopic (exact) mass is 400 g/mol. The van der Waals surface area contributed by atoms with Gasteiger partial charge in [0, 0.05) is 37.1 Å². The van der Waals surface area contributed by atoms with E-state index < -0.39 is 11.9 Å². The first-order valence-corrected chi connectivity index (χ1v) is 9.25. The number of rotatable bonds is 5. The molecule has 9 nitrogen and oxygen atoms in total. The molecule has 1 saturated heterocycles. The second-order valence-electron chi connectivity index (χ2n) is 7.02. The molecule has 3 aromatic rings. The molecule has 29 heavy (non-hydrogen) atoms. The van der Waals surface area contributed by atoms with Crippen LogP contribution in [0.3, 0.4) is 0 Å². The quantitative estimate of drug-likeness (QED) is 0.563. The lowest BCUT2D eigenvalue weighted by Gasteiger charge is -2.32. The number of likely N-dealkylation sites (tertiary alicyclic amines) is 1. The largest absolute Gasteiger partial charge is 0.465 e. The van der Waals surface area contributed by atoms with Crippen molar-refractivity contribution in [2.75, 3.05) is 18.8 Å². The van der Waals surface area contributed by atoms with Crippen molar-refractivity contribution in [3.8, 4) is 11.6 Å². The molecule has 0 radical (unpaired) electrons. The van der Waals surface area contributed by atoms with Crippen molar-refractivity contribution in [1.82, 2.24) is 24.8 Å². The fourth-order valence-electron chi connectivity index (χ4n) is 3.63. The number of nitrogens with one attached hydrogen (secondary N) is 1. The van der Waals surface area contributed by atoms with E-state index >= 15 is 0 Å². The van der Waals surface area contributed by atoms with Gasteiger partial charge in [-0.3, -0.25) is 4.90 Å². The summed E-state index contributed by atoms with van der Waals surface area (Å²) in [4.78, 5) is 17.3. The van der Waals surface area contributed by atoms with Crippen molar-refractivity contribution in [3.63, 3.8) is 0 Å². The molecule has 10 heteroatoms. The zero-order chi connectivity index (χ0) is 20.4. The van der Waals surface area contributed by atoms with E-state index in [-0.39, 0.29) is 17.7 Å². The van der Waals surface area contributed by atoms with Crippen molar-refractivity contribution in [2.45, 2.75) is 25.4 Å². The molecular formula is C19H21FN6O3. The molecule has 2 aromatic heterocycles. The SMILES string of the molecule is Nc1ccc(Oc2ncnn3ccc(CN4CCCC(NC(=O)O)C4)c23)c(F)c1. The lowest BCUT2D eigenvalue weighted by atomic mass is 10.1. The lowest BCUT2D eigenvalue weighted by molar-refractivity contribution is 0.160. The third-order valence-corrected chi connectivity index (χ3v) is 4.89. The molecule has 0 bridgehead atoms. The van der Waals surface area contributed by atoms with Crippen molar-refractivity contribution < 1.29 is 19.0 Å². The molecule has 1 aromatic carbocycles. The molecule has 3 heterocycles. The summed E-state index contributed by atoms with van der Waals surface area (Å²) in [6, 6.07) is 6.00. The van der Waals surface area contributed by atoms with Crippen LogP contribution in [0.4, 0.5) is 14.9 Å². The average molecular weight is 400 g/mol. The highest BCUT2D eigenvalue weighted by Gasteiger charge is 2.23. The molecule has 1 aliphatic heterocycles. The summed E-state index contributed by atoms with van der Waals surface area (Å²) < 4.78 is 21.5. The fourth-order valence-corrected chi connectivity index (χ4v) is 3.63. The first-order chi connectivity index (χ1) is 14.0. The fraction of sp³-hybridized carbons (Fsp3) is 0.316. The number of hydrogen-bond acceptors (Lipinski definition) is 6. The Balaban J connectivity index is 1.58. The van der Waals surface area contributed by atoms with Crippen molar-refractivity contribution in [2.24, 2.45) is 0 Å². The van der Waals surface area contributed by atoms with Crippen LogP contribution in [0.1, 0.15) is 18.4 Å². The number of fused-ring (bicyclic) bond motifs is 1. The van der Waals surface area contributed by atoms with Gasteiger partial charge >= 0.3 is 6.09 Å². The van der Waals surface area contributed by atoms with Gasteiger partial charge in [0.15, 0.2) is 11.6 Å². The van der Waals surface area contributed by atoms with Crippen LogP contribution < -0.4 is 15.8 Å². The Labute approximate surface area is 165 Å². The molecule has 0 saturated carbocycles. The van der Waals surface area contributed by atoms with E-state index in [9.17, 15) is 9.18 Å². The minimum absolute atomic E-state index is 0.0237. The Morgan fingerprint density at radius 1 is 1.41 bits per heavy atom. The van der Waals surface area contributed by atoms with E-state index in [1.54, 1.807) is 16.8 Å². The maximum atomic E-state index is 14.2. The smallest absolute Gasteiger partial charge is 0.404 e. The summed E-state index contributed by atoms with van der Waals surface area (Å²) in [5.74, 6) is -0.315. The van der Waals surface area contributed by atoms with Crippen LogP contribution in [0.2, 0.25) is 0 Å². The molecule has 1 atom stereocenters. The number of carbonyl (C=O) groups is 1. The number of nitrogen functional groups attached to an aromatic ring is 1. The van der Waals surface area contributed by atoms with Crippen LogP contribution >= 0.6 is 0 Å². The summed E-state index contributed by atoms with van der Waals surface area (Å²) in [5.41, 5.74) is 7.44. The average Bonchev–Trinajstić information content (AvgIpc) is 3.08. The summed E-state index contributed by atoms with van der Waals surface area (Å²) in [6.45, 7) is 2.04. The van der Waals surface area contributed by atoms with E-state index in [4.69, 9.17) is 15.6 Å². The van der Waals surface area contributed by atoms with Gasteiger partial charge in [0.1, 0.15) is 11.8 Å². The first-order valence-electron chi connectivity index (χ1n) is 9.25. The predicted octanol–water partition coefficient (Wildman–Crippen LogP) is 2.47. The minimum atomic E-state index is -1.01. The van der Waals surface area contributed by atoms with Crippen LogP contribution in [0.25, 0.3) is 5.52 Å². The maximum absolute atomic E-state index is 14.2. The van der Waals surface area contributed by atoms with Gasteiger partial charge in [-0.2, -0.15) is 10.1 Å². The van der Waals surface area contributed by atoms with E-state index in [0.29, 0.717) is 24.3 Å². The van der Waals surface area contributed by atoms with Gasteiger partial charge < -0.3 is 20.9 Å². The molecule has 0 spiro atoms. The van der Waals surface area contributed by atoms with Crippen LogP contribution in [0.5, 0.6) is 11.6 Å². The number of aromatic nitrogens is 3. The standard InChI is InChI=1S/C19H21FN6O3/c20-15-8-13(21)3-4-16(15)29-18-17-12(5-7-26(17)23-11-22-18)9-25-6-1-2-14(10-25)24-19(27)28/h3-5,7-8,11,14,24H,1-2,6,9-10,21H2,(H,27,28). The summed E-state index contributed by atoms with van der Waals surface area (Å²) in [7, 11) is 0. The van der Waals surface area contributed by atoms with Crippen LogP contribution in [-0.2, 0) is 6.54 Å². The number of piperidine rings is 1. The Kier molecular flexibility index (Phi) is 5.17. The number of nitrogens with zero attached hydrogens (tertiary/aromatic N) is 4. The summed E-state index contributed by atoms with van der Waals surface area (Å²) >= 11 is 0. The normalized spacial score (nSPS) is 17.3. The van der Waals surface area contributed by atoms with Gasteiger partial charge in [-0.25, -0.2) is 13.7 Å². The molecule has 0 aliphatic carbocycles. The molecule has 152 valence electrons. The number of carboxylic acid groups (broad SMARTS) is 1. The highest BCUT2D eigenvalue weighted by Crippen LogP contribution is 2.30. The summed E-state index contributed by atoms with van der Waals surface area (Å²) in [6.07, 6.45) is 3.83. The maximum Gasteiger partial charge on any atom is 0.404 e. The number of halogens is 1. The van der Waals surface area contributed by atoms with Gasteiger partial charge in [0.2, 0.25) is 5.88 Å². The van der Waals surface area contributed by atoms with Gasteiger partial charge in [-0.1, -0.05) is 0 Å². The third kappa shape index (κ3) is 4.21. The van der Waals surface area contributed by atoms with E-state index in [1.165, 1.54) is 18.5 Å².